The number of nitrogens with one attached hydrogen (secondary N) is 2. The number of carbonyl (C=O) groups excluding carboxylic acids is 3. The maximum atomic E-state index is 12.0. The van der Waals surface area contributed by atoms with Crippen LogP contribution in [0, 0.1) is 5.92 Å². The molecule has 22 heavy (non-hydrogen) atoms. The van der Waals surface area contributed by atoms with Gasteiger partial charge in [-0.15, -0.1) is 0 Å². The van der Waals surface area contributed by atoms with Crippen LogP contribution in [0.15, 0.2) is 0 Å². The van der Waals surface area contributed by atoms with Crippen LogP contribution >= 0.6 is 0 Å². The zero-order valence-electron chi connectivity index (χ0n) is 13.9. The fourth-order valence-corrected chi connectivity index (χ4v) is 2.33. The van der Waals surface area contributed by atoms with Gasteiger partial charge in [-0.2, -0.15) is 0 Å². The molecule has 0 aliphatic rings. The molecule has 0 aromatic rings. The molecule has 7 heteroatoms. The molecule has 0 heterocycles. The second kappa shape index (κ2) is 11.0. The molecule has 0 saturated carbocycles. The van der Waals surface area contributed by atoms with Crippen LogP contribution in [-0.4, -0.2) is 36.3 Å². The molecule has 0 aromatic carbocycles. The normalized spacial score (nSPS) is 14.9. The summed E-state index contributed by atoms with van der Waals surface area (Å²) in [6.45, 7) is 6.24. The van der Waals surface area contributed by atoms with E-state index in [0.717, 1.165) is 12.8 Å². The van der Waals surface area contributed by atoms with Gasteiger partial charge in [0.15, 0.2) is 0 Å². The Morgan fingerprint density at radius 1 is 0.955 bits per heavy atom. The highest BCUT2D eigenvalue weighted by atomic mass is 16.2. The van der Waals surface area contributed by atoms with E-state index < -0.39 is 11.9 Å². The van der Waals surface area contributed by atoms with Gasteiger partial charge >= 0.3 is 0 Å². The average molecular weight is 314 g/mol. The summed E-state index contributed by atoms with van der Waals surface area (Å²) in [5, 5.41) is 5.75. The number of carbonyl (C=O) groups is 3. The zero-order valence-corrected chi connectivity index (χ0v) is 13.9. The molecule has 7 nitrogen and oxygen atoms in total. The lowest BCUT2D eigenvalue weighted by molar-refractivity contribution is -0.128. The lowest BCUT2D eigenvalue weighted by Crippen LogP contribution is -2.46. The quantitative estimate of drug-likeness (QED) is 0.405. The zero-order chi connectivity index (χ0) is 17.1. The highest BCUT2D eigenvalue weighted by Gasteiger charge is 2.20. The van der Waals surface area contributed by atoms with Crippen LogP contribution in [0.25, 0.3) is 0 Å². The van der Waals surface area contributed by atoms with E-state index in [1.807, 2.05) is 13.8 Å². The smallest absolute Gasteiger partial charge is 0.239 e. The molecule has 3 amide bonds. The van der Waals surface area contributed by atoms with Crippen molar-refractivity contribution >= 4 is 17.7 Å². The molecule has 0 spiro atoms. The summed E-state index contributed by atoms with van der Waals surface area (Å²) in [6.07, 6.45) is 3.15. The van der Waals surface area contributed by atoms with Gasteiger partial charge in [-0.05, 0) is 31.7 Å². The topological polar surface area (TPSA) is 127 Å². The summed E-state index contributed by atoms with van der Waals surface area (Å²) in [4.78, 5) is 34.4. The minimum atomic E-state index is -0.628. The van der Waals surface area contributed by atoms with E-state index in [2.05, 4.69) is 10.6 Å². The van der Waals surface area contributed by atoms with Gasteiger partial charge < -0.3 is 22.1 Å². The van der Waals surface area contributed by atoms with E-state index in [-0.39, 0.29) is 23.8 Å². The van der Waals surface area contributed by atoms with Gasteiger partial charge in [0.1, 0.15) is 6.04 Å². The molecule has 0 radical (unpaired) electrons. The van der Waals surface area contributed by atoms with Crippen LogP contribution in [0.5, 0.6) is 0 Å². The Labute approximate surface area is 132 Å². The van der Waals surface area contributed by atoms with Gasteiger partial charge in [-0.25, -0.2) is 0 Å². The van der Waals surface area contributed by atoms with Gasteiger partial charge in [-0.1, -0.05) is 27.2 Å². The first-order valence-electron chi connectivity index (χ1n) is 7.96. The Bertz CT molecular complexity index is 374. The van der Waals surface area contributed by atoms with Crippen molar-refractivity contribution in [3.8, 4) is 0 Å². The van der Waals surface area contributed by atoms with Crippen LogP contribution in [-0.2, 0) is 14.4 Å². The summed E-state index contributed by atoms with van der Waals surface area (Å²) in [7, 11) is 0. The van der Waals surface area contributed by atoms with Crippen LogP contribution in [0.3, 0.4) is 0 Å². The standard InChI is InChI=1S/C15H30N4O3/c1-4-7-10(9-18-11(5-2)14(16)21)8-13(20)19-12(6-3)15(17)22/h10-12,18H,4-9H2,1-3H3,(H2,16,21)(H2,17,22)(H,19,20). The molecule has 3 unspecified atom stereocenters. The number of hydrogen-bond donors (Lipinski definition) is 4. The summed E-state index contributed by atoms with van der Waals surface area (Å²) in [6, 6.07) is -1.01. The molecule has 6 N–H and O–H groups in total. The minimum Gasteiger partial charge on any atom is -0.368 e. The van der Waals surface area contributed by atoms with Crippen molar-refractivity contribution in [2.24, 2.45) is 17.4 Å². The Morgan fingerprint density at radius 2 is 1.50 bits per heavy atom. The maximum Gasteiger partial charge on any atom is 0.239 e. The second-order valence-electron chi connectivity index (χ2n) is 5.56. The fraction of sp³-hybridized carbons (Fsp3) is 0.800. The summed E-state index contributed by atoms with van der Waals surface area (Å²) >= 11 is 0. The predicted molar refractivity (Wildman–Crippen MR) is 85.7 cm³/mol. The highest BCUT2D eigenvalue weighted by molar-refractivity contribution is 5.86. The molecule has 0 aliphatic heterocycles. The Kier molecular flexibility index (Phi) is 10.2. The van der Waals surface area contributed by atoms with E-state index in [1.54, 1.807) is 6.92 Å². The largest absolute Gasteiger partial charge is 0.368 e. The van der Waals surface area contributed by atoms with Crippen molar-refractivity contribution in [1.82, 2.24) is 10.6 Å². The highest BCUT2D eigenvalue weighted by Crippen LogP contribution is 2.11. The fourth-order valence-electron chi connectivity index (χ4n) is 2.33. The molecule has 128 valence electrons. The van der Waals surface area contributed by atoms with Crippen LogP contribution in [0.2, 0.25) is 0 Å². The monoisotopic (exact) mass is 314 g/mol. The van der Waals surface area contributed by atoms with Crippen LogP contribution < -0.4 is 22.1 Å². The van der Waals surface area contributed by atoms with E-state index >= 15 is 0 Å². The molecular formula is C15H30N4O3. The number of hydrogen-bond acceptors (Lipinski definition) is 4. The third-order valence-electron chi connectivity index (χ3n) is 3.66. The van der Waals surface area contributed by atoms with Crippen molar-refractivity contribution in [2.75, 3.05) is 6.54 Å². The van der Waals surface area contributed by atoms with Gasteiger partial charge in [0.05, 0.1) is 6.04 Å². The number of nitrogens with two attached hydrogens (primary N) is 2. The first kappa shape index (κ1) is 20.4. The predicted octanol–water partition coefficient (Wildman–Crippen LogP) is 0.0264. The maximum absolute atomic E-state index is 12.0. The summed E-state index contributed by atoms with van der Waals surface area (Å²) in [5.74, 6) is -1.02. The van der Waals surface area contributed by atoms with E-state index in [9.17, 15) is 14.4 Å². The minimum absolute atomic E-state index is 0.0868. The van der Waals surface area contributed by atoms with Gasteiger partial charge in [-0.3, -0.25) is 14.4 Å². The molecule has 0 saturated heterocycles. The van der Waals surface area contributed by atoms with Crippen molar-refractivity contribution in [3.63, 3.8) is 0 Å². The Balaban J connectivity index is 4.47. The van der Waals surface area contributed by atoms with Crippen molar-refractivity contribution in [2.45, 2.75) is 65.0 Å². The number of rotatable bonds is 12. The molecule has 0 fully saturated rings. The van der Waals surface area contributed by atoms with Crippen molar-refractivity contribution in [1.29, 1.82) is 0 Å². The van der Waals surface area contributed by atoms with Crippen molar-refractivity contribution in [3.05, 3.63) is 0 Å². The molecule has 0 aliphatic carbocycles. The third-order valence-corrected chi connectivity index (χ3v) is 3.66. The third kappa shape index (κ3) is 7.97. The average Bonchev–Trinajstić information content (AvgIpc) is 2.44. The van der Waals surface area contributed by atoms with Crippen molar-refractivity contribution < 1.29 is 14.4 Å². The van der Waals surface area contributed by atoms with E-state index in [4.69, 9.17) is 11.5 Å². The summed E-state index contributed by atoms with van der Waals surface area (Å²) in [5.41, 5.74) is 10.5. The number of amides is 3. The Hall–Kier alpha value is -1.63. The summed E-state index contributed by atoms with van der Waals surface area (Å²) < 4.78 is 0. The lowest BCUT2D eigenvalue weighted by Gasteiger charge is -2.21. The number of primary amides is 2. The molecule has 0 bridgehead atoms. The molecular weight excluding hydrogens is 284 g/mol. The van der Waals surface area contributed by atoms with E-state index in [0.29, 0.717) is 25.8 Å². The SMILES string of the molecule is CCCC(CNC(CC)C(N)=O)CC(=O)NC(CC)C(N)=O. The lowest BCUT2D eigenvalue weighted by atomic mass is 9.98. The van der Waals surface area contributed by atoms with Crippen LogP contribution in [0.1, 0.15) is 52.9 Å². The van der Waals surface area contributed by atoms with Gasteiger partial charge in [0, 0.05) is 6.42 Å². The van der Waals surface area contributed by atoms with Gasteiger partial charge in [0.25, 0.3) is 0 Å². The molecule has 0 rings (SSSR count). The van der Waals surface area contributed by atoms with E-state index in [1.165, 1.54) is 0 Å². The second-order valence-corrected chi connectivity index (χ2v) is 5.56. The first-order chi connectivity index (χ1) is 10.3. The molecule has 0 aromatic heterocycles. The van der Waals surface area contributed by atoms with Gasteiger partial charge in [0.2, 0.25) is 17.7 Å². The molecule has 3 atom stereocenters. The first-order valence-corrected chi connectivity index (χ1v) is 7.96. The Morgan fingerprint density at radius 3 is 1.91 bits per heavy atom. The van der Waals surface area contributed by atoms with Crippen LogP contribution in [0.4, 0.5) is 0 Å².